The molecule has 10 heteroatoms. The van der Waals surface area contributed by atoms with Crippen molar-refractivity contribution in [3.8, 4) is 0 Å². The summed E-state index contributed by atoms with van der Waals surface area (Å²) in [6.07, 6.45) is 3.78. The zero-order valence-corrected chi connectivity index (χ0v) is 20.1. The fourth-order valence-electron chi connectivity index (χ4n) is 3.99. The first-order valence-corrected chi connectivity index (χ1v) is 12.8. The highest BCUT2D eigenvalue weighted by Gasteiger charge is 2.24. The maximum atomic E-state index is 12.5. The van der Waals surface area contributed by atoms with Gasteiger partial charge < -0.3 is 14.8 Å². The number of nitrogens with one attached hydrogen (secondary N) is 1. The Labute approximate surface area is 192 Å². The largest absolute Gasteiger partial charge is 0.377 e. The molecule has 32 heavy (non-hydrogen) atoms. The molecule has 0 amide bonds. The number of benzene rings is 1. The van der Waals surface area contributed by atoms with E-state index in [1.165, 1.54) is 6.26 Å². The summed E-state index contributed by atoms with van der Waals surface area (Å²) in [4.78, 5) is 9.38. The monoisotopic (exact) mass is 478 g/mol. The first-order valence-electron chi connectivity index (χ1n) is 10.5. The van der Waals surface area contributed by atoms with Crippen molar-refractivity contribution in [2.24, 2.45) is 0 Å². The van der Waals surface area contributed by atoms with Crippen molar-refractivity contribution in [3.63, 3.8) is 0 Å². The van der Waals surface area contributed by atoms with Crippen LogP contribution in [0, 0.1) is 6.92 Å². The highest BCUT2D eigenvalue weighted by molar-refractivity contribution is 7.90. The van der Waals surface area contributed by atoms with Crippen LogP contribution in [-0.2, 0) is 19.3 Å². The van der Waals surface area contributed by atoms with Crippen LogP contribution in [-0.4, -0.2) is 42.9 Å². The molecule has 172 valence electrons. The Morgan fingerprint density at radius 2 is 2.03 bits per heavy atom. The van der Waals surface area contributed by atoms with Gasteiger partial charge in [-0.05, 0) is 50.8 Å². The second kappa shape index (κ2) is 8.97. The summed E-state index contributed by atoms with van der Waals surface area (Å²) in [5.41, 5.74) is 3.00. The van der Waals surface area contributed by atoms with Crippen LogP contribution in [0.3, 0.4) is 0 Å². The fourth-order valence-corrected chi connectivity index (χ4v) is 5.05. The van der Waals surface area contributed by atoms with Crippen LogP contribution in [0.1, 0.15) is 49.9 Å². The van der Waals surface area contributed by atoms with Gasteiger partial charge in [0.25, 0.3) is 0 Å². The van der Waals surface area contributed by atoms with E-state index in [-0.39, 0.29) is 22.4 Å². The molecule has 0 aliphatic carbocycles. The van der Waals surface area contributed by atoms with E-state index in [0.29, 0.717) is 29.1 Å². The molecule has 2 unspecified atom stereocenters. The third-order valence-electron chi connectivity index (χ3n) is 5.73. The van der Waals surface area contributed by atoms with Gasteiger partial charge in [-0.1, -0.05) is 17.7 Å². The number of rotatable bonds is 6. The average molecular weight is 479 g/mol. The van der Waals surface area contributed by atoms with Gasteiger partial charge in [0.15, 0.2) is 15.5 Å². The van der Waals surface area contributed by atoms with Crippen LogP contribution >= 0.6 is 11.6 Å². The maximum Gasteiger partial charge on any atom is 0.177 e. The van der Waals surface area contributed by atoms with Gasteiger partial charge in [0.2, 0.25) is 0 Å². The van der Waals surface area contributed by atoms with Crippen molar-refractivity contribution in [2.75, 3.05) is 25.3 Å². The maximum absolute atomic E-state index is 12.5. The predicted molar refractivity (Wildman–Crippen MR) is 124 cm³/mol. The minimum Gasteiger partial charge on any atom is -0.377 e. The Morgan fingerprint density at radius 1 is 1.25 bits per heavy atom. The Hall–Kier alpha value is -2.20. The lowest BCUT2D eigenvalue weighted by atomic mass is 10.1. The van der Waals surface area contributed by atoms with E-state index in [0.717, 1.165) is 30.7 Å². The lowest BCUT2D eigenvalue weighted by molar-refractivity contribution is -0.0309. The summed E-state index contributed by atoms with van der Waals surface area (Å²) < 4.78 is 38.3. The zero-order valence-electron chi connectivity index (χ0n) is 18.6. The molecule has 1 aliphatic rings. The van der Waals surface area contributed by atoms with Gasteiger partial charge in [-0.2, -0.15) is 0 Å². The molecule has 0 saturated carbocycles. The van der Waals surface area contributed by atoms with E-state index in [2.05, 4.69) is 10.3 Å². The predicted octanol–water partition coefficient (Wildman–Crippen LogP) is 4.95. The summed E-state index contributed by atoms with van der Waals surface area (Å²) >= 11 is 6.36. The molecule has 1 aliphatic heterocycles. The van der Waals surface area contributed by atoms with E-state index in [4.69, 9.17) is 26.1 Å². The lowest BCUT2D eigenvalue weighted by Gasteiger charge is -2.25. The first kappa shape index (κ1) is 23.0. The number of pyridine rings is 1. The number of methoxy groups -OCH3 is 1. The smallest absolute Gasteiger partial charge is 0.177 e. The first-order chi connectivity index (χ1) is 15.2. The molecule has 1 fully saturated rings. The Morgan fingerprint density at radius 3 is 2.69 bits per heavy atom. The number of fused-ring (bicyclic) bond motifs is 1. The SMILES string of the molecule is COC(C)c1ccc(Nc2cc(Cl)nc3c2nc(C)n3C2CCCCO2)c(S(C)(=O)=O)c1. The third kappa shape index (κ3) is 4.47. The number of imidazole rings is 1. The molecule has 0 spiro atoms. The number of nitrogens with zero attached hydrogens (tertiary/aromatic N) is 3. The molecule has 4 rings (SSSR count). The van der Waals surface area contributed by atoms with Gasteiger partial charge in [-0.25, -0.2) is 18.4 Å². The van der Waals surface area contributed by atoms with Crippen molar-refractivity contribution >= 4 is 44.0 Å². The molecule has 0 bridgehead atoms. The van der Waals surface area contributed by atoms with Gasteiger partial charge in [0.05, 0.1) is 22.4 Å². The number of hydrogen-bond acceptors (Lipinski definition) is 7. The Balaban J connectivity index is 1.81. The van der Waals surface area contributed by atoms with Crippen LogP contribution in [0.4, 0.5) is 11.4 Å². The van der Waals surface area contributed by atoms with Crippen LogP contribution < -0.4 is 5.32 Å². The second-order valence-electron chi connectivity index (χ2n) is 8.05. The number of sulfone groups is 1. The van der Waals surface area contributed by atoms with Gasteiger partial charge in [-0.15, -0.1) is 0 Å². The molecule has 3 heterocycles. The second-order valence-corrected chi connectivity index (χ2v) is 10.4. The summed E-state index contributed by atoms with van der Waals surface area (Å²) in [7, 11) is -1.93. The number of aromatic nitrogens is 3. The number of halogens is 1. The molecular weight excluding hydrogens is 452 g/mol. The Bertz CT molecular complexity index is 1250. The van der Waals surface area contributed by atoms with Crippen molar-refractivity contribution in [2.45, 2.75) is 50.3 Å². The van der Waals surface area contributed by atoms with E-state index in [1.54, 1.807) is 25.3 Å². The van der Waals surface area contributed by atoms with Gasteiger partial charge in [0, 0.05) is 26.0 Å². The van der Waals surface area contributed by atoms with Crippen molar-refractivity contribution < 1.29 is 17.9 Å². The molecule has 3 aromatic rings. The molecule has 1 saturated heterocycles. The normalized spacial score (nSPS) is 18.1. The summed E-state index contributed by atoms with van der Waals surface area (Å²) in [5, 5.41) is 3.51. The van der Waals surface area contributed by atoms with Crippen LogP contribution in [0.25, 0.3) is 11.2 Å². The van der Waals surface area contributed by atoms with E-state index < -0.39 is 9.84 Å². The molecule has 2 aromatic heterocycles. The van der Waals surface area contributed by atoms with Crippen molar-refractivity contribution in [1.82, 2.24) is 14.5 Å². The minimum atomic E-state index is -3.51. The molecule has 1 N–H and O–H groups in total. The highest BCUT2D eigenvalue weighted by Crippen LogP contribution is 2.35. The van der Waals surface area contributed by atoms with Crippen LogP contribution in [0.2, 0.25) is 5.15 Å². The lowest BCUT2D eigenvalue weighted by Crippen LogP contribution is -2.19. The number of hydrogen-bond donors (Lipinski definition) is 1. The summed E-state index contributed by atoms with van der Waals surface area (Å²) in [6.45, 7) is 4.46. The molecule has 0 radical (unpaired) electrons. The van der Waals surface area contributed by atoms with Gasteiger partial charge in [-0.3, -0.25) is 4.57 Å². The Kier molecular flexibility index (Phi) is 6.44. The topological polar surface area (TPSA) is 95.3 Å². The van der Waals surface area contributed by atoms with E-state index in [9.17, 15) is 8.42 Å². The molecule has 8 nitrogen and oxygen atoms in total. The third-order valence-corrected chi connectivity index (χ3v) is 7.06. The highest BCUT2D eigenvalue weighted by atomic mass is 35.5. The van der Waals surface area contributed by atoms with Crippen molar-refractivity contribution in [1.29, 1.82) is 0 Å². The average Bonchev–Trinajstić information content (AvgIpc) is 3.09. The van der Waals surface area contributed by atoms with Gasteiger partial charge in [0.1, 0.15) is 22.7 Å². The fraction of sp³-hybridized carbons (Fsp3) is 0.455. The van der Waals surface area contributed by atoms with E-state index in [1.807, 2.05) is 24.5 Å². The number of anilines is 2. The number of ether oxygens (including phenoxy) is 2. The van der Waals surface area contributed by atoms with Gasteiger partial charge >= 0.3 is 0 Å². The molecule has 1 aromatic carbocycles. The van der Waals surface area contributed by atoms with Crippen LogP contribution in [0.15, 0.2) is 29.2 Å². The van der Waals surface area contributed by atoms with Crippen LogP contribution in [0.5, 0.6) is 0 Å². The summed E-state index contributed by atoms with van der Waals surface area (Å²) in [6, 6.07) is 6.85. The number of aryl methyl sites for hydroxylation is 1. The molecular formula is C22H27ClN4O4S. The quantitative estimate of drug-likeness (QED) is 0.501. The standard InChI is InChI=1S/C22H27ClN4O4S/c1-13(30-3)15-8-9-16(18(11-15)32(4,28)29)25-17-12-19(23)26-22-21(17)24-14(2)27(22)20-7-5-6-10-31-20/h8-9,11-13,20H,5-7,10H2,1-4H3,(H,25,26). The zero-order chi connectivity index (χ0) is 23.0. The van der Waals surface area contributed by atoms with Crippen molar-refractivity contribution in [3.05, 3.63) is 40.8 Å². The van der Waals surface area contributed by atoms with E-state index >= 15 is 0 Å². The summed E-state index contributed by atoms with van der Waals surface area (Å²) in [5.74, 6) is 0.761. The molecule has 2 atom stereocenters. The minimum absolute atomic E-state index is 0.144.